The van der Waals surface area contributed by atoms with Crippen molar-refractivity contribution in [3.8, 4) is 11.5 Å². The van der Waals surface area contributed by atoms with E-state index in [0.717, 1.165) is 17.7 Å². The summed E-state index contributed by atoms with van der Waals surface area (Å²) < 4.78 is 10.9. The molecule has 0 aromatic heterocycles. The maximum Gasteiger partial charge on any atom is 0.261 e. The van der Waals surface area contributed by atoms with Crippen LogP contribution in [-0.2, 0) is 16.1 Å². The molecule has 0 aliphatic carbocycles. The van der Waals surface area contributed by atoms with Gasteiger partial charge >= 0.3 is 0 Å². The molecule has 6 heteroatoms. The van der Waals surface area contributed by atoms with Crippen LogP contribution >= 0.6 is 0 Å². The predicted octanol–water partition coefficient (Wildman–Crippen LogP) is 3.80. The Bertz CT molecular complexity index is 793. The number of nitrogens with zero attached hydrogens (tertiary/aromatic N) is 1. The van der Waals surface area contributed by atoms with Gasteiger partial charge in [-0.3, -0.25) is 9.59 Å². The van der Waals surface area contributed by atoms with Crippen molar-refractivity contribution < 1.29 is 19.1 Å². The summed E-state index contributed by atoms with van der Waals surface area (Å²) in [6.07, 6.45) is 1.33. The Labute approximate surface area is 179 Å². The Morgan fingerprint density at radius 3 is 2.20 bits per heavy atom. The second-order valence-corrected chi connectivity index (χ2v) is 7.21. The highest BCUT2D eigenvalue weighted by atomic mass is 16.5. The molecule has 0 unspecified atom stereocenters. The van der Waals surface area contributed by atoms with Gasteiger partial charge in [0, 0.05) is 12.6 Å². The Morgan fingerprint density at radius 1 is 0.967 bits per heavy atom. The first-order valence-electron chi connectivity index (χ1n) is 10.4. The molecule has 30 heavy (non-hydrogen) atoms. The molecule has 2 atom stereocenters. The van der Waals surface area contributed by atoms with E-state index in [4.69, 9.17) is 9.47 Å². The van der Waals surface area contributed by atoms with Gasteiger partial charge in [-0.1, -0.05) is 44.2 Å². The zero-order valence-electron chi connectivity index (χ0n) is 18.3. The highest BCUT2D eigenvalue weighted by Gasteiger charge is 2.29. The molecular weight excluding hydrogens is 380 g/mol. The lowest BCUT2D eigenvalue weighted by atomic mass is 10.1. The molecule has 0 aliphatic heterocycles. The number of para-hydroxylation sites is 1. The summed E-state index contributed by atoms with van der Waals surface area (Å²) in [6, 6.07) is 16.1. The van der Waals surface area contributed by atoms with Crippen molar-refractivity contribution in [3.05, 3.63) is 60.2 Å². The number of nitrogens with one attached hydrogen (secondary N) is 1. The number of carbonyl (C=O) groups excluding carboxylic acids is 2. The van der Waals surface area contributed by atoms with Crippen molar-refractivity contribution in [2.45, 2.75) is 52.2 Å². The Balaban J connectivity index is 2.19. The summed E-state index contributed by atoms with van der Waals surface area (Å²) >= 11 is 0. The van der Waals surface area contributed by atoms with Gasteiger partial charge in [-0.05, 0) is 49.6 Å². The van der Waals surface area contributed by atoms with E-state index >= 15 is 0 Å². The van der Waals surface area contributed by atoms with Crippen LogP contribution in [0.5, 0.6) is 11.5 Å². The minimum atomic E-state index is -0.576. The highest BCUT2D eigenvalue weighted by Crippen LogP contribution is 2.17. The number of hydrogen-bond donors (Lipinski definition) is 1. The SMILES string of the molecule is CC[C@@H](C)NC(=O)[C@H](CC)N(Cc1ccc(OC)cc1)C(=O)COc1ccccc1. The number of methoxy groups -OCH3 is 1. The Morgan fingerprint density at radius 2 is 1.63 bits per heavy atom. The van der Waals surface area contributed by atoms with Crippen LogP contribution in [0.4, 0.5) is 0 Å². The second-order valence-electron chi connectivity index (χ2n) is 7.21. The molecule has 162 valence electrons. The van der Waals surface area contributed by atoms with E-state index < -0.39 is 6.04 Å². The highest BCUT2D eigenvalue weighted by molar-refractivity contribution is 5.88. The molecule has 0 aliphatic rings. The molecule has 2 rings (SSSR count). The molecule has 2 aromatic carbocycles. The molecule has 0 bridgehead atoms. The monoisotopic (exact) mass is 412 g/mol. The molecule has 2 aromatic rings. The zero-order valence-corrected chi connectivity index (χ0v) is 18.3. The third-order valence-corrected chi connectivity index (χ3v) is 5.00. The number of hydrogen-bond acceptors (Lipinski definition) is 4. The fraction of sp³-hybridized carbons (Fsp3) is 0.417. The van der Waals surface area contributed by atoms with Gasteiger partial charge in [-0.2, -0.15) is 0 Å². The van der Waals surface area contributed by atoms with Gasteiger partial charge in [-0.15, -0.1) is 0 Å². The van der Waals surface area contributed by atoms with E-state index in [-0.39, 0.29) is 24.5 Å². The van der Waals surface area contributed by atoms with Crippen molar-refractivity contribution in [2.24, 2.45) is 0 Å². The summed E-state index contributed by atoms with van der Waals surface area (Å²) in [5, 5.41) is 3.00. The van der Waals surface area contributed by atoms with Gasteiger partial charge in [-0.25, -0.2) is 0 Å². The zero-order chi connectivity index (χ0) is 21.9. The van der Waals surface area contributed by atoms with Gasteiger partial charge in [0.15, 0.2) is 6.61 Å². The Hall–Kier alpha value is -3.02. The third kappa shape index (κ3) is 6.79. The minimum Gasteiger partial charge on any atom is -0.497 e. The molecule has 0 saturated carbocycles. The van der Waals surface area contributed by atoms with Crippen LogP contribution in [0.15, 0.2) is 54.6 Å². The second kappa shape index (κ2) is 11.9. The molecule has 1 N–H and O–H groups in total. The van der Waals surface area contributed by atoms with Crippen LogP contribution in [-0.4, -0.2) is 42.5 Å². The normalized spacial score (nSPS) is 12.5. The molecule has 0 fully saturated rings. The first-order valence-corrected chi connectivity index (χ1v) is 10.4. The fourth-order valence-electron chi connectivity index (χ4n) is 3.03. The van der Waals surface area contributed by atoms with Crippen LogP contribution in [0, 0.1) is 0 Å². The molecule has 2 amide bonds. The number of rotatable bonds is 11. The van der Waals surface area contributed by atoms with Crippen molar-refractivity contribution in [1.29, 1.82) is 0 Å². The predicted molar refractivity (Wildman–Crippen MR) is 117 cm³/mol. The minimum absolute atomic E-state index is 0.0463. The van der Waals surface area contributed by atoms with E-state index in [1.165, 1.54) is 0 Å². The molecule has 0 radical (unpaired) electrons. The summed E-state index contributed by atoms with van der Waals surface area (Å²) in [6.45, 7) is 6.06. The summed E-state index contributed by atoms with van der Waals surface area (Å²) in [4.78, 5) is 27.6. The van der Waals surface area contributed by atoms with Gasteiger partial charge in [0.2, 0.25) is 5.91 Å². The topological polar surface area (TPSA) is 67.9 Å². The van der Waals surface area contributed by atoms with Crippen LogP contribution < -0.4 is 14.8 Å². The quantitative estimate of drug-likeness (QED) is 0.610. The maximum absolute atomic E-state index is 13.1. The summed E-state index contributed by atoms with van der Waals surface area (Å²) in [5.74, 6) is 0.979. The summed E-state index contributed by atoms with van der Waals surface area (Å²) in [7, 11) is 1.61. The molecule has 6 nitrogen and oxygen atoms in total. The van der Waals surface area contributed by atoms with Crippen LogP contribution in [0.25, 0.3) is 0 Å². The lowest BCUT2D eigenvalue weighted by Crippen LogP contribution is -2.51. The number of amides is 2. The van der Waals surface area contributed by atoms with Gasteiger partial charge in [0.1, 0.15) is 17.5 Å². The molecule has 0 saturated heterocycles. The largest absolute Gasteiger partial charge is 0.497 e. The van der Waals surface area contributed by atoms with Crippen molar-refractivity contribution in [1.82, 2.24) is 10.2 Å². The Kier molecular flexibility index (Phi) is 9.19. The van der Waals surface area contributed by atoms with Gasteiger partial charge < -0.3 is 19.7 Å². The molecule has 0 heterocycles. The smallest absolute Gasteiger partial charge is 0.261 e. The molecule has 0 spiro atoms. The standard InChI is InChI=1S/C24H32N2O4/c1-5-18(3)25-24(28)22(6-2)26(16-19-12-14-20(29-4)15-13-19)23(27)17-30-21-10-8-7-9-11-21/h7-15,18,22H,5-6,16-17H2,1-4H3,(H,25,28)/t18-,22+/m1/s1. The average molecular weight is 413 g/mol. The van der Waals surface area contributed by atoms with Gasteiger partial charge in [0.25, 0.3) is 5.91 Å². The average Bonchev–Trinajstić information content (AvgIpc) is 2.78. The van der Waals surface area contributed by atoms with E-state index in [1.54, 1.807) is 24.1 Å². The lowest BCUT2D eigenvalue weighted by Gasteiger charge is -2.31. The summed E-state index contributed by atoms with van der Waals surface area (Å²) in [5.41, 5.74) is 0.915. The lowest BCUT2D eigenvalue weighted by molar-refractivity contribution is -0.143. The van der Waals surface area contributed by atoms with Crippen LogP contribution in [0.2, 0.25) is 0 Å². The van der Waals surface area contributed by atoms with Crippen molar-refractivity contribution >= 4 is 11.8 Å². The number of ether oxygens (including phenoxy) is 2. The van der Waals surface area contributed by atoms with Crippen LogP contribution in [0.1, 0.15) is 39.2 Å². The third-order valence-electron chi connectivity index (χ3n) is 5.00. The van der Waals surface area contributed by atoms with E-state index in [1.807, 2.05) is 63.2 Å². The van der Waals surface area contributed by atoms with Gasteiger partial charge in [0.05, 0.1) is 7.11 Å². The molecular formula is C24H32N2O4. The maximum atomic E-state index is 13.1. The fourth-order valence-corrected chi connectivity index (χ4v) is 3.03. The number of carbonyl (C=O) groups is 2. The first kappa shape index (κ1) is 23.3. The van der Waals surface area contributed by atoms with Crippen molar-refractivity contribution in [3.63, 3.8) is 0 Å². The van der Waals surface area contributed by atoms with E-state index in [0.29, 0.717) is 18.7 Å². The number of benzene rings is 2. The van der Waals surface area contributed by atoms with Crippen LogP contribution in [0.3, 0.4) is 0 Å². The first-order chi connectivity index (χ1) is 14.5. The van der Waals surface area contributed by atoms with E-state index in [2.05, 4.69) is 5.32 Å². The van der Waals surface area contributed by atoms with Crippen molar-refractivity contribution in [2.75, 3.05) is 13.7 Å². The van der Waals surface area contributed by atoms with E-state index in [9.17, 15) is 9.59 Å².